The molecule has 0 radical (unpaired) electrons. The van der Waals surface area contributed by atoms with Gasteiger partial charge in [0, 0.05) is 5.56 Å². The second-order valence-electron chi connectivity index (χ2n) is 6.91. The van der Waals surface area contributed by atoms with E-state index in [2.05, 4.69) is 15.9 Å². The number of ether oxygens (including phenoxy) is 2. The summed E-state index contributed by atoms with van der Waals surface area (Å²) >= 11 is 3.22. The standard InChI is InChI=1S/C21H15BrF3NO4S/c22-16-6-7-17-18(20(16)30-21(24)25)14-5-4-11(10-31(26,27)28)8-15(14)19(29-17)12-2-1-3-13(23)9-12/h1-9,19,21H,10H2,(H2,26,27,28). The average molecular weight is 514 g/mol. The zero-order valence-electron chi connectivity index (χ0n) is 15.7. The van der Waals surface area contributed by atoms with Crippen molar-refractivity contribution in [2.45, 2.75) is 18.5 Å². The second kappa shape index (κ2) is 8.18. The van der Waals surface area contributed by atoms with Crippen molar-refractivity contribution in [2.24, 2.45) is 5.14 Å². The van der Waals surface area contributed by atoms with Gasteiger partial charge in [0.1, 0.15) is 17.7 Å². The van der Waals surface area contributed by atoms with E-state index in [1.54, 1.807) is 24.3 Å². The molecule has 0 aliphatic carbocycles. The first-order valence-corrected chi connectivity index (χ1v) is 11.5. The Hall–Kier alpha value is -2.56. The van der Waals surface area contributed by atoms with Crippen molar-refractivity contribution in [3.8, 4) is 22.6 Å². The third-order valence-corrected chi connectivity index (χ3v) is 6.07. The summed E-state index contributed by atoms with van der Waals surface area (Å²) in [5, 5.41) is 5.17. The first kappa shape index (κ1) is 21.7. The lowest BCUT2D eigenvalue weighted by Gasteiger charge is -2.31. The predicted molar refractivity (Wildman–Crippen MR) is 112 cm³/mol. The molecule has 5 nitrogen and oxygen atoms in total. The summed E-state index contributed by atoms with van der Waals surface area (Å²) in [6.07, 6.45) is -0.806. The highest BCUT2D eigenvalue weighted by molar-refractivity contribution is 9.10. The fourth-order valence-corrected chi connectivity index (χ4v) is 4.65. The molecule has 3 aromatic rings. The zero-order chi connectivity index (χ0) is 22.3. The number of rotatable bonds is 5. The number of hydrogen-bond acceptors (Lipinski definition) is 4. The van der Waals surface area contributed by atoms with Gasteiger partial charge in [0.05, 0.1) is 15.8 Å². The molecule has 1 heterocycles. The maximum Gasteiger partial charge on any atom is 0.387 e. The van der Waals surface area contributed by atoms with Crippen LogP contribution >= 0.6 is 15.9 Å². The van der Waals surface area contributed by atoms with Crippen molar-refractivity contribution in [3.05, 3.63) is 81.6 Å². The molecule has 3 aromatic carbocycles. The fraction of sp³-hybridized carbons (Fsp3) is 0.143. The Morgan fingerprint density at radius 1 is 1.13 bits per heavy atom. The number of alkyl halides is 2. The number of sulfonamides is 1. The quantitative estimate of drug-likeness (QED) is 0.513. The lowest BCUT2D eigenvalue weighted by atomic mass is 9.88. The predicted octanol–water partition coefficient (Wildman–Crippen LogP) is 5.13. The van der Waals surface area contributed by atoms with Crippen LogP contribution in [0.5, 0.6) is 11.5 Å². The summed E-state index contributed by atoms with van der Waals surface area (Å²) in [5.74, 6) is -0.765. The van der Waals surface area contributed by atoms with Gasteiger partial charge in [-0.3, -0.25) is 0 Å². The molecule has 0 fully saturated rings. The topological polar surface area (TPSA) is 78.6 Å². The molecule has 4 rings (SSSR count). The van der Waals surface area contributed by atoms with Crippen molar-refractivity contribution >= 4 is 26.0 Å². The molecule has 1 atom stereocenters. The van der Waals surface area contributed by atoms with Gasteiger partial charge >= 0.3 is 6.61 Å². The monoisotopic (exact) mass is 513 g/mol. The van der Waals surface area contributed by atoms with Crippen LogP contribution in [-0.4, -0.2) is 15.0 Å². The maximum absolute atomic E-state index is 13.9. The minimum Gasteiger partial charge on any atom is -0.480 e. The van der Waals surface area contributed by atoms with E-state index in [1.807, 2.05) is 0 Å². The Bertz CT molecular complexity index is 1270. The highest BCUT2D eigenvalue weighted by Crippen LogP contribution is 2.51. The third kappa shape index (κ3) is 4.56. The number of primary sulfonamides is 1. The summed E-state index contributed by atoms with van der Waals surface area (Å²) in [6.45, 7) is -3.08. The first-order valence-electron chi connectivity index (χ1n) is 8.95. The molecule has 1 aliphatic rings. The molecule has 0 spiro atoms. The van der Waals surface area contributed by atoms with Gasteiger partial charge in [0.2, 0.25) is 10.0 Å². The molecular weight excluding hydrogens is 499 g/mol. The zero-order valence-corrected chi connectivity index (χ0v) is 18.1. The van der Waals surface area contributed by atoms with Crippen LogP contribution in [0.2, 0.25) is 0 Å². The third-order valence-electron chi connectivity index (χ3n) is 4.71. The van der Waals surface area contributed by atoms with Crippen LogP contribution in [0.3, 0.4) is 0 Å². The Kier molecular flexibility index (Phi) is 5.71. The van der Waals surface area contributed by atoms with Gasteiger partial charge in [0.15, 0.2) is 5.75 Å². The van der Waals surface area contributed by atoms with Gasteiger partial charge in [-0.1, -0.05) is 30.3 Å². The largest absolute Gasteiger partial charge is 0.480 e. The Balaban J connectivity index is 1.95. The summed E-state index contributed by atoms with van der Waals surface area (Å²) in [5.41, 5.74) is 2.08. The van der Waals surface area contributed by atoms with Crippen molar-refractivity contribution in [1.29, 1.82) is 0 Å². The van der Waals surface area contributed by atoms with Crippen LogP contribution < -0.4 is 14.6 Å². The number of hydrogen-bond donors (Lipinski definition) is 1. The summed E-state index contributed by atoms with van der Waals surface area (Å²) < 4.78 is 74.3. The van der Waals surface area contributed by atoms with E-state index in [0.717, 1.165) is 0 Å². The summed E-state index contributed by atoms with van der Waals surface area (Å²) in [7, 11) is -3.82. The molecule has 10 heteroatoms. The number of halogens is 4. The number of benzene rings is 3. The van der Waals surface area contributed by atoms with Crippen LogP contribution in [0.25, 0.3) is 11.1 Å². The summed E-state index contributed by atoms with van der Waals surface area (Å²) in [4.78, 5) is 0. The van der Waals surface area contributed by atoms with Crippen LogP contribution in [0.4, 0.5) is 13.2 Å². The van der Waals surface area contributed by atoms with Gasteiger partial charge in [-0.15, -0.1) is 0 Å². The van der Waals surface area contributed by atoms with E-state index in [4.69, 9.17) is 14.6 Å². The molecule has 1 aliphatic heterocycles. The van der Waals surface area contributed by atoms with Crippen molar-refractivity contribution in [3.63, 3.8) is 0 Å². The van der Waals surface area contributed by atoms with E-state index in [-0.39, 0.29) is 17.1 Å². The van der Waals surface area contributed by atoms with E-state index in [9.17, 15) is 21.6 Å². The SMILES string of the molecule is NS(=O)(=O)Cc1ccc2c(c1)C(c1cccc(F)c1)Oc1ccc(Br)c(OC(F)F)c1-2. The van der Waals surface area contributed by atoms with Crippen LogP contribution in [-0.2, 0) is 15.8 Å². The molecule has 1 unspecified atom stereocenters. The van der Waals surface area contributed by atoms with Gasteiger partial charge in [-0.25, -0.2) is 17.9 Å². The fourth-order valence-electron chi connectivity index (χ4n) is 3.58. The molecule has 0 saturated carbocycles. The molecule has 0 amide bonds. The minimum absolute atomic E-state index is 0.120. The smallest absolute Gasteiger partial charge is 0.387 e. The van der Waals surface area contributed by atoms with E-state index in [0.29, 0.717) is 26.7 Å². The Labute approximate surface area is 184 Å². The van der Waals surface area contributed by atoms with Crippen LogP contribution in [0.15, 0.2) is 59.1 Å². The molecule has 0 bridgehead atoms. The average Bonchev–Trinajstić information content (AvgIpc) is 2.67. The Morgan fingerprint density at radius 3 is 2.58 bits per heavy atom. The lowest BCUT2D eigenvalue weighted by molar-refractivity contribution is -0.0501. The van der Waals surface area contributed by atoms with Gasteiger partial charge in [-0.2, -0.15) is 8.78 Å². The highest BCUT2D eigenvalue weighted by Gasteiger charge is 2.32. The molecular formula is C21H15BrF3NO4S. The minimum atomic E-state index is -3.82. The first-order chi connectivity index (χ1) is 14.6. The summed E-state index contributed by atoms with van der Waals surface area (Å²) in [6, 6.07) is 13.5. The highest BCUT2D eigenvalue weighted by atomic mass is 79.9. The van der Waals surface area contributed by atoms with Crippen molar-refractivity contribution in [2.75, 3.05) is 0 Å². The number of fused-ring (bicyclic) bond motifs is 3. The normalized spacial score (nSPS) is 15.2. The van der Waals surface area contributed by atoms with Gasteiger partial charge < -0.3 is 9.47 Å². The van der Waals surface area contributed by atoms with Gasteiger partial charge in [0.25, 0.3) is 0 Å². The second-order valence-corrected chi connectivity index (χ2v) is 9.38. The molecule has 31 heavy (non-hydrogen) atoms. The van der Waals surface area contributed by atoms with Crippen LogP contribution in [0.1, 0.15) is 22.8 Å². The maximum atomic E-state index is 13.9. The van der Waals surface area contributed by atoms with Crippen molar-refractivity contribution in [1.82, 2.24) is 0 Å². The molecule has 0 saturated heterocycles. The lowest BCUT2D eigenvalue weighted by Crippen LogP contribution is -2.19. The van der Waals surface area contributed by atoms with E-state index >= 15 is 0 Å². The van der Waals surface area contributed by atoms with E-state index in [1.165, 1.54) is 30.3 Å². The van der Waals surface area contributed by atoms with Crippen molar-refractivity contribution < 1.29 is 31.1 Å². The molecule has 0 aromatic heterocycles. The number of nitrogens with two attached hydrogens (primary N) is 1. The Morgan fingerprint density at radius 2 is 1.90 bits per heavy atom. The van der Waals surface area contributed by atoms with Gasteiger partial charge in [-0.05, 0) is 56.9 Å². The molecule has 162 valence electrons. The molecule has 2 N–H and O–H groups in total. The van der Waals surface area contributed by atoms with Crippen LogP contribution in [0, 0.1) is 5.82 Å². The van der Waals surface area contributed by atoms with E-state index < -0.39 is 34.3 Å².